The Labute approximate surface area is 99.3 Å². The first-order valence-corrected chi connectivity index (χ1v) is 5.41. The fourth-order valence-corrected chi connectivity index (χ4v) is 1.79. The molecule has 3 heteroatoms. The highest BCUT2D eigenvalue weighted by molar-refractivity contribution is 5.88. The third-order valence-corrected chi connectivity index (χ3v) is 2.62. The van der Waals surface area contributed by atoms with Crippen LogP contribution in [0.3, 0.4) is 0 Å². The van der Waals surface area contributed by atoms with Crippen molar-refractivity contribution < 1.29 is 9.15 Å². The second-order valence-electron chi connectivity index (χ2n) is 3.93. The fourth-order valence-electron chi connectivity index (χ4n) is 1.79. The van der Waals surface area contributed by atoms with Gasteiger partial charge in [-0.25, -0.2) is 4.79 Å². The summed E-state index contributed by atoms with van der Waals surface area (Å²) >= 11 is 0. The van der Waals surface area contributed by atoms with Crippen molar-refractivity contribution in [2.24, 2.45) is 0 Å². The largest absolute Gasteiger partial charge is 0.488 e. The lowest BCUT2D eigenvalue weighted by molar-refractivity contribution is 0.363. The zero-order valence-corrected chi connectivity index (χ0v) is 9.95. The van der Waals surface area contributed by atoms with Crippen LogP contribution in [-0.4, -0.2) is 6.61 Å². The van der Waals surface area contributed by atoms with Crippen LogP contribution < -0.4 is 10.4 Å². The van der Waals surface area contributed by atoms with Gasteiger partial charge in [-0.15, -0.1) is 0 Å². The van der Waals surface area contributed by atoms with E-state index < -0.39 is 5.63 Å². The van der Waals surface area contributed by atoms with Crippen LogP contribution in [0.1, 0.15) is 11.1 Å². The van der Waals surface area contributed by atoms with Gasteiger partial charge in [-0.05, 0) is 25.0 Å². The second kappa shape index (κ2) is 4.45. The quantitative estimate of drug-likeness (QED) is 0.601. The highest BCUT2D eigenvalue weighted by atomic mass is 16.5. The maximum atomic E-state index is 11.5. The number of benzene rings is 1. The maximum Gasteiger partial charge on any atom is 0.339 e. The highest BCUT2D eigenvalue weighted by Crippen LogP contribution is 2.29. The molecule has 17 heavy (non-hydrogen) atoms. The maximum absolute atomic E-state index is 11.5. The Balaban J connectivity index is 2.77. The molecular weight excluding hydrogens is 216 g/mol. The van der Waals surface area contributed by atoms with E-state index in [1.54, 1.807) is 6.08 Å². The Morgan fingerprint density at radius 3 is 2.76 bits per heavy atom. The number of hydrogen-bond donors (Lipinski definition) is 0. The van der Waals surface area contributed by atoms with Gasteiger partial charge in [0.05, 0.1) is 11.5 Å². The van der Waals surface area contributed by atoms with Crippen molar-refractivity contribution >= 4 is 11.0 Å². The Hall–Kier alpha value is -2.03. The minimum atomic E-state index is -0.398. The first-order valence-electron chi connectivity index (χ1n) is 5.41. The van der Waals surface area contributed by atoms with Crippen LogP contribution in [0.2, 0.25) is 0 Å². The van der Waals surface area contributed by atoms with E-state index in [0.29, 0.717) is 17.9 Å². The third-order valence-electron chi connectivity index (χ3n) is 2.62. The van der Waals surface area contributed by atoms with Gasteiger partial charge in [0.25, 0.3) is 0 Å². The molecule has 0 aliphatic rings. The van der Waals surface area contributed by atoms with E-state index >= 15 is 0 Å². The van der Waals surface area contributed by atoms with Gasteiger partial charge in [-0.3, -0.25) is 0 Å². The van der Waals surface area contributed by atoms with E-state index in [1.807, 2.05) is 26.0 Å². The molecule has 0 radical (unpaired) electrons. The standard InChI is InChI=1S/C14H14O3/c1-4-7-16-11-8-12(15)17-14-10(3)6-5-9(2)13(11)14/h4-6,8H,1,7H2,2-3H3. The summed E-state index contributed by atoms with van der Waals surface area (Å²) in [4.78, 5) is 11.5. The van der Waals surface area contributed by atoms with Crippen molar-refractivity contribution in [3.05, 3.63) is 52.4 Å². The molecule has 0 spiro atoms. The van der Waals surface area contributed by atoms with E-state index in [-0.39, 0.29) is 0 Å². The first-order chi connectivity index (χ1) is 8.13. The normalized spacial score (nSPS) is 10.5. The summed E-state index contributed by atoms with van der Waals surface area (Å²) in [5, 5.41) is 0.853. The van der Waals surface area contributed by atoms with Gasteiger partial charge < -0.3 is 9.15 Å². The van der Waals surface area contributed by atoms with Crippen LogP contribution in [0.4, 0.5) is 0 Å². The molecule has 1 aromatic heterocycles. The van der Waals surface area contributed by atoms with Crippen molar-refractivity contribution in [3.8, 4) is 5.75 Å². The summed E-state index contributed by atoms with van der Waals surface area (Å²) < 4.78 is 10.7. The second-order valence-corrected chi connectivity index (χ2v) is 3.93. The van der Waals surface area contributed by atoms with Gasteiger partial charge in [-0.2, -0.15) is 0 Å². The van der Waals surface area contributed by atoms with Gasteiger partial charge in [0, 0.05) is 0 Å². The molecule has 1 aromatic carbocycles. The lowest BCUT2D eigenvalue weighted by atomic mass is 10.1. The molecule has 0 fully saturated rings. The Morgan fingerprint density at radius 2 is 2.06 bits per heavy atom. The summed E-state index contributed by atoms with van der Waals surface area (Å²) in [5.41, 5.74) is 2.14. The minimum absolute atomic E-state index is 0.367. The van der Waals surface area contributed by atoms with E-state index in [1.165, 1.54) is 6.07 Å². The Bertz CT molecular complexity index is 623. The number of ether oxygens (including phenoxy) is 1. The highest BCUT2D eigenvalue weighted by Gasteiger charge is 2.10. The van der Waals surface area contributed by atoms with Crippen LogP contribution in [0.25, 0.3) is 11.0 Å². The molecule has 0 N–H and O–H groups in total. The van der Waals surface area contributed by atoms with E-state index in [2.05, 4.69) is 6.58 Å². The molecule has 0 amide bonds. The lowest BCUT2D eigenvalue weighted by Crippen LogP contribution is -2.03. The van der Waals surface area contributed by atoms with Crippen LogP contribution in [0, 0.1) is 13.8 Å². The van der Waals surface area contributed by atoms with Crippen molar-refractivity contribution in [2.75, 3.05) is 6.61 Å². The van der Waals surface area contributed by atoms with Gasteiger partial charge >= 0.3 is 5.63 Å². The van der Waals surface area contributed by atoms with Gasteiger partial charge in [0.2, 0.25) is 0 Å². The predicted octanol–water partition coefficient (Wildman–Crippen LogP) is 2.97. The number of rotatable bonds is 3. The van der Waals surface area contributed by atoms with Crippen LogP contribution in [0.15, 0.2) is 40.1 Å². The summed E-state index contributed by atoms with van der Waals surface area (Å²) in [6.45, 7) is 7.82. The molecule has 0 atom stereocenters. The number of hydrogen-bond acceptors (Lipinski definition) is 3. The smallest absolute Gasteiger partial charge is 0.339 e. The van der Waals surface area contributed by atoms with Crippen molar-refractivity contribution in [3.63, 3.8) is 0 Å². The summed E-state index contributed by atoms with van der Waals surface area (Å²) in [6.07, 6.45) is 1.64. The monoisotopic (exact) mass is 230 g/mol. The van der Waals surface area contributed by atoms with Crippen LogP contribution in [0.5, 0.6) is 5.75 Å². The molecule has 2 rings (SSSR count). The lowest BCUT2D eigenvalue weighted by Gasteiger charge is -2.09. The SMILES string of the molecule is C=CCOc1cc(=O)oc2c(C)ccc(C)c12. The minimum Gasteiger partial charge on any atom is -0.488 e. The average molecular weight is 230 g/mol. The van der Waals surface area contributed by atoms with E-state index in [9.17, 15) is 4.79 Å². The first kappa shape index (κ1) is 11.5. The molecule has 1 heterocycles. The molecule has 0 unspecified atom stereocenters. The molecular formula is C14H14O3. The third kappa shape index (κ3) is 2.09. The summed E-state index contributed by atoms with van der Waals surface area (Å²) in [6, 6.07) is 5.29. The van der Waals surface area contributed by atoms with E-state index in [0.717, 1.165) is 16.5 Å². The Kier molecular flexibility index (Phi) is 3.00. The molecule has 0 saturated carbocycles. The summed E-state index contributed by atoms with van der Waals surface area (Å²) in [7, 11) is 0. The predicted molar refractivity (Wildman–Crippen MR) is 67.7 cm³/mol. The molecule has 2 aromatic rings. The molecule has 0 aliphatic heterocycles. The zero-order valence-electron chi connectivity index (χ0n) is 9.95. The van der Waals surface area contributed by atoms with Crippen molar-refractivity contribution in [1.82, 2.24) is 0 Å². The van der Waals surface area contributed by atoms with Crippen LogP contribution >= 0.6 is 0 Å². The molecule has 0 saturated heterocycles. The van der Waals surface area contributed by atoms with Gasteiger partial charge in [-0.1, -0.05) is 24.8 Å². The number of fused-ring (bicyclic) bond motifs is 1. The molecule has 0 bridgehead atoms. The summed E-state index contributed by atoms with van der Waals surface area (Å²) in [5.74, 6) is 0.553. The Morgan fingerprint density at radius 1 is 1.35 bits per heavy atom. The molecule has 0 aliphatic carbocycles. The zero-order chi connectivity index (χ0) is 12.4. The molecule has 3 nitrogen and oxygen atoms in total. The number of aryl methyl sites for hydroxylation is 2. The fraction of sp³-hybridized carbons (Fsp3) is 0.214. The van der Waals surface area contributed by atoms with Gasteiger partial charge in [0.1, 0.15) is 17.9 Å². The van der Waals surface area contributed by atoms with Crippen molar-refractivity contribution in [1.29, 1.82) is 0 Å². The average Bonchev–Trinajstić information content (AvgIpc) is 2.30. The van der Waals surface area contributed by atoms with E-state index in [4.69, 9.17) is 9.15 Å². The van der Waals surface area contributed by atoms with Crippen molar-refractivity contribution in [2.45, 2.75) is 13.8 Å². The molecule has 88 valence electrons. The van der Waals surface area contributed by atoms with Crippen LogP contribution in [-0.2, 0) is 0 Å². The topological polar surface area (TPSA) is 39.4 Å². The van der Waals surface area contributed by atoms with Gasteiger partial charge in [0.15, 0.2) is 0 Å².